The van der Waals surface area contributed by atoms with Gasteiger partial charge in [-0.05, 0) is 30.3 Å². The van der Waals surface area contributed by atoms with Crippen LogP contribution in [0, 0.1) is 0 Å². The van der Waals surface area contributed by atoms with Crippen molar-refractivity contribution in [1.29, 1.82) is 0 Å². The number of rotatable bonds is 6. The molecule has 3 aromatic rings. The molecule has 0 fully saturated rings. The largest absolute Gasteiger partial charge is 0.497 e. The van der Waals surface area contributed by atoms with Crippen molar-refractivity contribution >= 4 is 34.6 Å². The van der Waals surface area contributed by atoms with E-state index in [2.05, 4.69) is 20.6 Å². The molecular weight excluding hydrogens is 340 g/mol. The maximum absolute atomic E-state index is 6.05. The second-order valence-corrected chi connectivity index (χ2v) is 5.55. The van der Waals surface area contributed by atoms with Gasteiger partial charge in [0, 0.05) is 22.8 Å². The highest BCUT2D eigenvalue weighted by molar-refractivity contribution is 6.31. The first-order valence-electron chi connectivity index (χ1n) is 7.51. The van der Waals surface area contributed by atoms with Gasteiger partial charge in [-0.3, -0.25) is 0 Å². The topological polar surface area (TPSA) is 68.3 Å². The first kappa shape index (κ1) is 16.9. The van der Waals surface area contributed by atoms with Gasteiger partial charge in [0.05, 0.1) is 19.9 Å². The maximum atomic E-state index is 6.05. The zero-order valence-electron chi connectivity index (χ0n) is 13.8. The van der Waals surface area contributed by atoms with Crippen molar-refractivity contribution in [1.82, 2.24) is 9.97 Å². The predicted molar refractivity (Wildman–Crippen MR) is 99.6 cm³/mol. The van der Waals surface area contributed by atoms with Crippen molar-refractivity contribution in [3.8, 4) is 11.5 Å². The molecule has 25 heavy (non-hydrogen) atoms. The number of halogens is 1. The van der Waals surface area contributed by atoms with E-state index < -0.39 is 0 Å². The first-order chi connectivity index (χ1) is 12.2. The second-order valence-electron chi connectivity index (χ2n) is 5.12. The molecule has 0 aliphatic carbocycles. The van der Waals surface area contributed by atoms with E-state index in [-0.39, 0.29) is 0 Å². The SMILES string of the molecule is COc1cccc(Nc2cc(Nc3cc(Cl)ccc3OC)ncn2)c1. The Kier molecular flexibility index (Phi) is 5.20. The monoisotopic (exact) mass is 356 g/mol. The summed E-state index contributed by atoms with van der Waals surface area (Å²) in [5.74, 6) is 2.69. The van der Waals surface area contributed by atoms with E-state index in [9.17, 15) is 0 Å². The molecule has 0 amide bonds. The Bertz CT molecular complexity index is 873. The number of hydrogen-bond acceptors (Lipinski definition) is 6. The van der Waals surface area contributed by atoms with Crippen LogP contribution in [0.4, 0.5) is 23.0 Å². The summed E-state index contributed by atoms with van der Waals surface area (Å²) in [6.07, 6.45) is 1.47. The van der Waals surface area contributed by atoms with E-state index in [4.69, 9.17) is 21.1 Å². The molecule has 0 atom stereocenters. The molecule has 3 rings (SSSR count). The molecular formula is C18H17ClN4O2. The Morgan fingerprint density at radius 2 is 1.68 bits per heavy atom. The van der Waals surface area contributed by atoms with Crippen LogP contribution in [0.1, 0.15) is 0 Å². The number of ether oxygens (including phenoxy) is 2. The van der Waals surface area contributed by atoms with Crippen LogP contribution < -0.4 is 20.1 Å². The summed E-state index contributed by atoms with van der Waals surface area (Å²) in [5.41, 5.74) is 1.59. The summed E-state index contributed by atoms with van der Waals surface area (Å²) in [5, 5.41) is 7.01. The zero-order chi connectivity index (χ0) is 17.6. The Hall–Kier alpha value is -2.99. The van der Waals surface area contributed by atoms with Crippen molar-refractivity contribution in [2.75, 3.05) is 24.9 Å². The fraction of sp³-hybridized carbons (Fsp3) is 0.111. The van der Waals surface area contributed by atoms with Crippen molar-refractivity contribution in [3.05, 3.63) is 59.9 Å². The Morgan fingerprint density at radius 1 is 0.880 bits per heavy atom. The van der Waals surface area contributed by atoms with Crippen LogP contribution >= 0.6 is 11.6 Å². The lowest BCUT2D eigenvalue weighted by Gasteiger charge is -2.12. The van der Waals surface area contributed by atoms with E-state index in [1.165, 1.54) is 6.33 Å². The van der Waals surface area contributed by atoms with E-state index in [1.54, 1.807) is 38.5 Å². The van der Waals surface area contributed by atoms with Crippen LogP contribution in [0.5, 0.6) is 11.5 Å². The predicted octanol–water partition coefficient (Wildman–Crippen LogP) is 4.63. The molecule has 128 valence electrons. The summed E-state index contributed by atoms with van der Waals surface area (Å²) < 4.78 is 10.6. The average molecular weight is 357 g/mol. The highest BCUT2D eigenvalue weighted by Crippen LogP contribution is 2.30. The highest BCUT2D eigenvalue weighted by Gasteiger charge is 2.06. The lowest BCUT2D eigenvalue weighted by atomic mass is 10.3. The third-order valence-electron chi connectivity index (χ3n) is 3.43. The Labute approximate surface area is 150 Å². The van der Waals surface area contributed by atoms with Crippen molar-refractivity contribution in [3.63, 3.8) is 0 Å². The van der Waals surface area contributed by atoms with E-state index >= 15 is 0 Å². The Morgan fingerprint density at radius 3 is 2.44 bits per heavy atom. The third kappa shape index (κ3) is 4.30. The van der Waals surface area contributed by atoms with Crippen LogP contribution in [-0.2, 0) is 0 Å². The maximum Gasteiger partial charge on any atom is 0.142 e. The lowest BCUT2D eigenvalue weighted by molar-refractivity contribution is 0.415. The quantitative estimate of drug-likeness (QED) is 0.671. The van der Waals surface area contributed by atoms with Crippen molar-refractivity contribution in [2.45, 2.75) is 0 Å². The fourth-order valence-electron chi connectivity index (χ4n) is 2.26. The summed E-state index contributed by atoms with van der Waals surface area (Å²) in [7, 11) is 3.23. The molecule has 6 nitrogen and oxygen atoms in total. The van der Waals surface area contributed by atoms with Gasteiger partial charge in [-0.25, -0.2) is 9.97 Å². The standard InChI is InChI=1S/C18H17ClN4O2/c1-24-14-5-3-4-13(9-14)22-17-10-18(21-11-20-17)23-15-8-12(19)6-7-16(15)25-2/h3-11H,1-2H3,(H2,20,21,22,23). The van der Waals surface area contributed by atoms with Crippen LogP contribution in [0.2, 0.25) is 5.02 Å². The minimum Gasteiger partial charge on any atom is -0.497 e. The van der Waals surface area contributed by atoms with Crippen LogP contribution in [0.3, 0.4) is 0 Å². The van der Waals surface area contributed by atoms with Gasteiger partial charge in [0.2, 0.25) is 0 Å². The molecule has 0 aliphatic heterocycles. The van der Waals surface area contributed by atoms with Gasteiger partial charge in [0.15, 0.2) is 0 Å². The van der Waals surface area contributed by atoms with Gasteiger partial charge < -0.3 is 20.1 Å². The van der Waals surface area contributed by atoms with Gasteiger partial charge in [-0.1, -0.05) is 17.7 Å². The molecule has 7 heteroatoms. The molecule has 0 saturated carbocycles. The van der Waals surface area contributed by atoms with Gasteiger partial charge in [-0.2, -0.15) is 0 Å². The van der Waals surface area contributed by atoms with Gasteiger partial charge in [0.25, 0.3) is 0 Å². The van der Waals surface area contributed by atoms with Crippen LogP contribution in [-0.4, -0.2) is 24.2 Å². The molecule has 0 unspecified atom stereocenters. The van der Waals surface area contributed by atoms with Gasteiger partial charge >= 0.3 is 0 Å². The van der Waals surface area contributed by atoms with Crippen molar-refractivity contribution < 1.29 is 9.47 Å². The molecule has 0 spiro atoms. The van der Waals surface area contributed by atoms with Gasteiger partial charge in [-0.15, -0.1) is 0 Å². The zero-order valence-corrected chi connectivity index (χ0v) is 14.5. The number of methoxy groups -OCH3 is 2. The number of aromatic nitrogens is 2. The summed E-state index contributed by atoms with van der Waals surface area (Å²) in [6.45, 7) is 0. The summed E-state index contributed by atoms with van der Waals surface area (Å²) in [6, 6.07) is 14.7. The summed E-state index contributed by atoms with van der Waals surface area (Å²) >= 11 is 6.05. The minimum atomic E-state index is 0.604. The number of nitrogens with zero attached hydrogens (tertiary/aromatic N) is 2. The molecule has 1 aromatic heterocycles. The molecule has 2 N–H and O–H groups in total. The molecule has 0 saturated heterocycles. The lowest BCUT2D eigenvalue weighted by Crippen LogP contribution is -2.00. The fourth-order valence-corrected chi connectivity index (χ4v) is 2.43. The molecule has 2 aromatic carbocycles. The summed E-state index contributed by atoms with van der Waals surface area (Å²) in [4.78, 5) is 8.46. The molecule has 1 heterocycles. The minimum absolute atomic E-state index is 0.604. The molecule has 0 bridgehead atoms. The normalized spacial score (nSPS) is 10.2. The Balaban J connectivity index is 1.81. The van der Waals surface area contributed by atoms with Gasteiger partial charge in [0.1, 0.15) is 29.5 Å². The molecule has 0 radical (unpaired) electrons. The highest BCUT2D eigenvalue weighted by atomic mass is 35.5. The smallest absolute Gasteiger partial charge is 0.142 e. The van der Waals surface area contributed by atoms with E-state index in [1.807, 2.05) is 24.3 Å². The second kappa shape index (κ2) is 7.72. The third-order valence-corrected chi connectivity index (χ3v) is 3.67. The molecule has 0 aliphatic rings. The van der Waals surface area contributed by atoms with E-state index in [0.29, 0.717) is 22.4 Å². The average Bonchev–Trinajstić information content (AvgIpc) is 2.62. The van der Waals surface area contributed by atoms with E-state index in [0.717, 1.165) is 17.1 Å². The number of anilines is 4. The number of benzene rings is 2. The van der Waals surface area contributed by atoms with Crippen molar-refractivity contribution in [2.24, 2.45) is 0 Å². The number of nitrogens with one attached hydrogen (secondary N) is 2. The van der Waals surface area contributed by atoms with Crippen LogP contribution in [0.15, 0.2) is 54.9 Å². The first-order valence-corrected chi connectivity index (χ1v) is 7.89. The van der Waals surface area contributed by atoms with Crippen LogP contribution in [0.25, 0.3) is 0 Å². The number of hydrogen-bond donors (Lipinski definition) is 2.